The van der Waals surface area contributed by atoms with Crippen molar-refractivity contribution in [3.05, 3.63) is 35.4 Å². The number of hydrogen-bond donors (Lipinski definition) is 1. The number of methoxy groups -OCH3 is 2. The van der Waals surface area contributed by atoms with E-state index < -0.39 is 6.04 Å². The molecule has 0 heterocycles. The van der Waals surface area contributed by atoms with Crippen LogP contribution in [0.1, 0.15) is 24.1 Å². The van der Waals surface area contributed by atoms with Crippen LogP contribution in [0.2, 0.25) is 0 Å². The number of carbonyl (C=O) groups is 1. The number of nitrogens with one attached hydrogen (secondary N) is 1. The number of ether oxygens (including phenoxy) is 2. The van der Waals surface area contributed by atoms with Gasteiger partial charge in [0.25, 0.3) is 0 Å². The summed E-state index contributed by atoms with van der Waals surface area (Å²) in [4.78, 5) is 11.7. The van der Waals surface area contributed by atoms with E-state index >= 15 is 0 Å². The number of carbonyl (C=O) groups excluding carboxylic acids is 1. The molecule has 17 heavy (non-hydrogen) atoms. The van der Waals surface area contributed by atoms with Crippen molar-refractivity contribution in [2.45, 2.75) is 19.6 Å². The quantitative estimate of drug-likeness (QED) is 0.764. The van der Waals surface area contributed by atoms with Gasteiger partial charge < -0.3 is 14.8 Å². The SMILES string of the molecule is CCNC(C(=O)OC)c1ccccc1COC. The van der Waals surface area contributed by atoms with Gasteiger partial charge in [0.1, 0.15) is 6.04 Å². The highest BCUT2D eigenvalue weighted by Gasteiger charge is 2.22. The van der Waals surface area contributed by atoms with Crippen molar-refractivity contribution >= 4 is 5.97 Å². The minimum Gasteiger partial charge on any atom is -0.468 e. The van der Waals surface area contributed by atoms with E-state index in [1.54, 1.807) is 7.11 Å². The number of hydrogen-bond acceptors (Lipinski definition) is 4. The fraction of sp³-hybridized carbons (Fsp3) is 0.462. The van der Waals surface area contributed by atoms with Crippen LogP contribution in [0.25, 0.3) is 0 Å². The summed E-state index contributed by atoms with van der Waals surface area (Å²) in [5.74, 6) is -0.282. The zero-order valence-corrected chi connectivity index (χ0v) is 10.5. The standard InChI is InChI=1S/C13H19NO3/c1-4-14-12(13(15)17-3)11-8-6-5-7-10(11)9-16-2/h5-8,12,14H,4,9H2,1-3H3. The van der Waals surface area contributed by atoms with Gasteiger partial charge in [-0.25, -0.2) is 4.79 Å². The van der Waals surface area contributed by atoms with E-state index in [1.807, 2.05) is 31.2 Å². The van der Waals surface area contributed by atoms with Crippen LogP contribution < -0.4 is 5.32 Å². The molecule has 0 fully saturated rings. The van der Waals surface area contributed by atoms with Crippen LogP contribution in [0.15, 0.2) is 24.3 Å². The van der Waals surface area contributed by atoms with Crippen molar-refractivity contribution in [2.75, 3.05) is 20.8 Å². The van der Waals surface area contributed by atoms with E-state index in [0.29, 0.717) is 13.2 Å². The predicted octanol–water partition coefficient (Wildman–Crippen LogP) is 1.66. The molecule has 0 aliphatic carbocycles. The summed E-state index contributed by atoms with van der Waals surface area (Å²) in [5.41, 5.74) is 1.90. The van der Waals surface area contributed by atoms with Crippen molar-refractivity contribution in [1.29, 1.82) is 0 Å². The summed E-state index contributed by atoms with van der Waals surface area (Å²) < 4.78 is 9.94. The Morgan fingerprint density at radius 2 is 2.06 bits per heavy atom. The Balaban J connectivity index is 3.03. The maximum absolute atomic E-state index is 11.7. The number of esters is 1. The van der Waals surface area contributed by atoms with Crippen molar-refractivity contribution < 1.29 is 14.3 Å². The largest absolute Gasteiger partial charge is 0.468 e. The molecule has 0 radical (unpaired) electrons. The van der Waals surface area contributed by atoms with Gasteiger partial charge in [-0.1, -0.05) is 31.2 Å². The second-order valence-electron chi connectivity index (χ2n) is 3.65. The first-order valence-corrected chi connectivity index (χ1v) is 5.62. The fourth-order valence-electron chi connectivity index (χ4n) is 1.74. The van der Waals surface area contributed by atoms with Gasteiger partial charge in [-0.2, -0.15) is 0 Å². The summed E-state index contributed by atoms with van der Waals surface area (Å²) in [6.45, 7) is 3.13. The lowest BCUT2D eigenvalue weighted by Gasteiger charge is -2.18. The van der Waals surface area contributed by atoms with Gasteiger partial charge in [0, 0.05) is 7.11 Å². The molecule has 0 saturated heterocycles. The van der Waals surface area contributed by atoms with E-state index in [9.17, 15) is 4.79 Å². The first kappa shape index (κ1) is 13.7. The van der Waals surface area contributed by atoms with Crippen LogP contribution in [-0.4, -0.2) is 26.7 Å². The van der Waals surface area contributed by atoms with Crippen LogP contribution in [0.4, 0.5) is 0 Å². The van der Waals surface area contributed by atoms with Crippen molar-refractivity contribution in [3.63, 3.8) is 0 Å². The predicted molar refractivity (Wildman–Crippen MR) is 65.6 cm³/mol. The van der Waals surface area contributed by atoms with Gasteiger partial charge in [-0.15, -0.1) is 0 Å². The molecule has 4 nitrogen and oxygen atoms in total. The van der Waals surface area contributed by atoms with Crippen LogP contribution in [0.3, 0.4) is 0 Å². The van der Waals surface area contributed by atoms with Crippen LogP contribution >= 0.6 is 0 Å². The molecule has 1 rings (SSSR count). The molecule has 0 aliphatic rings. The minimum absolute atomic E-state index is 0.282. The Kier molecular flexibility index (Phi) is 5.66. The van der Waals surface area contributed by atoms with Gasteiger partial charge in [-0.3, -0.25) is 0 Å². The van der Waals surface area contributed by atoms with Crippen molar-refractivity contribution in [3.8, 4) is 0 Å². The van der Waals surface area contributed by atoms with Crippen LogP contribution in [0, 0.1) is 0 Å². The Morgan fingerprint density at radius 1 is 1.35 bits per heavy atom. The number of rotatable bonds is 6. The molecule has 0 aromatic heterocycles. The molecule has 0 aliphatic heterocycles. The van der Waals surface area contributed by atoms with Gasteiger partial charge in [-0.05, 0) is 17.7 Å². The minimum atomic E-state index is -0.434. The van der Waals surface area contributed by atoms with Crippen molar-refractivity contribution in [1.82, 2.24) is 5.32 Å². The van der Waals surface area contributed by atoms with Crippen LogP contribution in [0.5, 0.6) is 0 Å². The normalized spacial score (nSPS) is 12.2. The molecule has 0 spiro atoms. The topological polar surface area (TPSA) is 47.6 Å². The van der Waals surface area contributed by atoms with E-state index in [4.69, 9.17) is 9.47 Å². The third kappa shape index (κ3) is 3.54. The third-order valence-electron chi connectivity index (χ3n) is 2.51. The molecule has 0 bridgehead atoms. The summed E-state index contributed by atoms with van der Waals surface area (Å²) in [6, 6.07) is 7.27. The highest BCUT2D eigenvalue weighted by Crippen LogP contribution is 2.20. The van der Waals surface area contributed by atoms with Gasteiger partial charge in [0.05, 0.1) is 13.7 Å². The molecule has 1 unspecified atom stereocenters. The maximum Gasteiger partial charge on any atom is 0.327 e. The maximum atomic E-state index is 11.7. The summed E-state index contributed by atoms with van der Waals surface area (Å²) in [6.07, 6.45) is 0. The van der Waals surface area contributed by atoms with E-state index in [2.05, 4.69) is 5.32 Å². The molecule has 94 valence electrons. The number of benzene rings is 1. The zero-order chi connectivity index (χ0) is 12.7. The Labute approximate surface area is 102 Å². The first-order valence-electron chi connectivity index (χ1n) is 5.62. The second-order valence-corrected chi connectivity index (χ2v) is 3.65. The summed E-state index contributed by atoms with van der Waals surface area (Å²) in [7, 11) is 3.03. The zero-order valence-electron chi connectivity index (χ0n) is 10.5. The first-order chi connectivity index (χ1) is 8.24. The van der Waals surface area contributed by atoms with E-state index in [0.717, 1.165) is 11.1 Å². The van der Waals surface area contributed by atoms with Gasteiger partial charge in [0.15, 0.2) is 0 Å². The lowest BCUT2D eigenvalue weighted by molar-refractivity contribution is -0.143. The average Bonchev–Trinajstić information content (AvgIpc) is 2.36. The highest BCUT2D eigenvalue weighted by atomic mass is 16.5. The van der Waals surface area contributed by atoms with E-state index in [1.165, 1.54) is 7.11 Å². The third-order valence-corrected chi connectivity index (χ3v) is 2.51. The lowest BCUT2D eigenvalue weighted by atomic mass is 10.0. The highest BCUT2D eigenvalue weighted by molar-refractivity contribution is 5.78. The molecular formula is C13H19NO3. The van der Waals surface area contributed by atoms with E-state index in [-0.39, 0.29) is 5.97 Å². The van der Waals surface area contributed by atoms with Crippen molar-refractivity contribution in [2.24, 2.45) is 0 Å². The van der Waals surface area contributed by atoms with Gasteiger partial charge >= 0.3 is 5.97 Å². The molecule has 1 aromatic carbocycles. The second kappa shape index (κ2) is 7.04. The Hall–Kier alpha value is -1.39. The molecular weight excluding hydrogens is 218 g/mol. The molecule has 4 heteroatoms. The number of likely N-dealkylation sites (N-methyl/N-ethyl adjacent to an activating group) is 1. The summed E-state index contributed by atoms with van der Waals surface area (Å²) in [5, 5.41) is 3.12. The Morgan fingerprint density at radius 3 is 2.65 bits per heavy atom. The molecule has 1 aromatic rings. The fourth-order valence-corrected chi connectivity index (χ4v) is 1.74. The molecule has 1 N–H and O–H groups in total. The smallest absolute Gasteiger partial charge is 0.327 e. The monoisotopic (exact) mass is 237 g/mol. The van der Waals surface area contributed by atoms with Gasteiger partial charge in [0.2, 0.25) is 0 Å². The lowest BCUT2D eigenvalue weighted by Crippen LogP contribution is -2.30. The average molecular weight is 237 g/mol. The summed E-state index contributed by atoms with van der Waals surface area (Å²) >= 11 is 0. The molecule has 1 atom stereocenters. The van der Waals surface area contributed by atoms with Crippen LogP contribution in [-0.2, 0) is 20.9 Å². The molecule has 0 saturated carbocycles. The molecule has 0 amide bonds. The Bertz CT molecular complexity index is 365.